The lowest BCUT2D eigenvalue weighted by Crippen LogP contribution is -2.17. The van der Waals surface area contributed by atoms with Crippen LogP contribution < -0.4 is 5.32 Å². The van der Waals surface area contributed by atoms with Crippen LogP contribution in [0.2, 0.25) is 0 Å². The molecule has 2 nitrogen and oxygen atoms in total. The van der Waals surface area contributed by atoms with Crippen molar-refractivity contribution in [3.63, 3.8) is 0 Å². The summed E-state index contributed by atoms with van der Waals surface area (Å²) in [7, 11) is 1.76. The Labute approximate surface area is 103 Å². The van der Waals surface area contributed by atoms with E-state index in [-0.39, 0.29) is 6.04 Å². The van der Waals surface area contributed by atoms with E-state index in [9.17, 15) is 13.2 Å². The second-order valence-electron chi connectivity index (χ2n) is 4.16. The summed E-state index contributed by atoms with van der Waals surface area (Å²) in [6.45, 7) is 4.17. The van der Waals surface area contributed by atoms with Gasteiger partial charge in [0, 0.05) is 17.1 Å². The second kappa shape index (κ2) is 5.82. The fourth-order valence-electron chi connectivity index (χ4n) is 1.52. The van der Waals surface area contributed by atoms with Gasteiger partial charge in [0.05, 0.1) is 0 Å². The first-order valence-electron chi connectivity index (χ1n) is 5.58. The third kappa shape index (κ3) is 3.96. The number of alkyl halides is 3. The summed E-state index contributed by atoms with van der Waals surface area (Å²) in [5, 5.41) is 2.28. The van der Waals surface area contributed by atoms with Gasteiger partial charge >= 0.3 is 6.18 Å². The minimum Gasteiger partial charge on any atom is -0.312 e. The zero-order chi connectivity index (χ0) is 13.1. The molecule has 0 aliphatic rings. The molecule has 1 heterocycles. The monoisotopic (exact) mass is 266 g/mol. The van der Waals surface area contributed by atoms with Crippen LogP contribution in [0.15, 0.2) is 6.20 Å². The second-order valence-corrected chi connectivity index (χ2v) is 5.22. The molecular formula is C11H17F3N2S. The maximum absolute atomic E-state index is 12.4. The molecule has 1 aromatic heterocycles. The lowest BCUT2D eigenvalue weighted by Gasteiger charge is -2.17. The van der Waals surface area contributed by atoms with Crippen molar-refractivity contribution < 1.29 is 13.2 Å². The van der Waals surface area contributed by atoms with Crippen molar-refractivity contribution in [3.8, 4) is 0 Å². The Balaban J connectivity index is 2.79. The number of nitrogens with one attached hydrogen (secondary N) is 1. The van der Waals surface area contributed by atoms with Crippen molar-refractivity contribution in [1.29, 1.82) is 0 Å². The predicted octanol–water partition coefficient (Wildman–Crippen LogP) is 3.86. The van der Waals surface area contributed by atoms with Gasteiger partial charge in [-0.25, -0.2) is 4.98 Å². The van der Waals surface area contributed by atoms with E-state index in [2.05, 4.69) is 24.1 Å². The number of halogens is 3. The zero-order valence-corrected chi connectivity index (χ0v) is 11.0. The molecule has 0 fully saturated rings. The number of rotatable bonds is 5. The fraction of sp³-hybridized carbons (Fsp3) is 0.727. The maximum atomic E-state index is 12.4. The van der Waals surface area contributed by atoms with Crippen LogP contribution >= 0.6 is 11.3 Å². The Morgan fingerprint density at radius 2 is 2.12 bits per heavy atom. The van der Waals surface area contributed by atoms with E-state index in [1.807, 2.05) is 0 Å². The topological polar surface area (TPSA) is 24.9 Å². The quantitative estimate of drug-likeness (QED) is 0.875. The lowest BCUT2D eigenvalue weighted by atomic mass is 9.99. The summed E-state index contributed by atoms with van der Waals surface area (Å²) in [4.78, 5) is 4.10. The van der Waals surface area contributed by atoms with E-state index in [1.165, 1.54) is 6.20 Å². The Bertz CT molecular complexity index is 349. The van der Waals surface area contributed by atoms with Crippen LogP contribution in [0.3, 0.4) is 0 Å². The van der Waals surface area contributed by atoms with E-state index in [0.717, 1.165) is 24.2 Å². The van der Waals surface area contributed by atoms with Crippen LogP contribution in [0, 0.1) is 5.92 Å². The molecule has 2 unspecified atom stereocenters. The van der Waals surface area contributed by atoms with Gasteiger partial charge in [-0.3, -0.25) is 0 Å². The van der Waals surface area contributed by atoms with Crippen LogP contribution in [-0.2, 0) is 6.18 Å². The molecular weight excluding hydrogens is 249 g/mol. The van der Waals surface area contributed by atoms with Gasteiger partial charge in [0.1, 0.15) is 0 Å². The number of hydrogen-bond acceptors (Lipinski definition) is 3. The van der Waals surface area contributed by atoms with E-state index < -0.39 is 11.2 Å². The third-order valence-electron chi connectivity index (χ3n) is 2.79. The molecule has 0 saturated carbocycles. The molecule has 2 atom stereocenters. The summed E-state index contributed by atoms with van der Waals surface area (Å²) in [6, 6.07) is -0.0430. The smallest absolute Gasteiger partial charge is 0.312 e. The van der Waals surface area contributed by atoms with Crippen molar-refractivity contribution in [3.05, 3.63) is 16.1 Å². The van der Waals surface area contributed by atoms with Gasteiger partial charge in [0.2, 0.25) is 0 Å². The Morgan fingerprint density at radius 1 is 1.47 bits per heavy atom. The summed E-state index contributed by atoms with van der Waals surface area (Å²) in [5.41, 5.74) is 0. The Morgan fingerprint density at radius 3 is 2.53 bits per heavy atom. The molecule has 0 aliphatic carbocycles. The highest BCUT2D eigenvalue weighted by Crippen LogP contribution is 2.35. The van der Waals surface area contributed by atoms with E-state index in [0.29, 0.717) is 10.8 Å². The molecule has 0 aromatic carbocycles. The van der Waals surface area contributed by atoms with Crippen molar-refractivity contribution in [2.75, 3.05) is 7.05 Å². The van der Waals surface area contributed by atoms with Gasteiger partial charge in [-0.05, 0) is 19.4 Å². The van der Waals surface area contributed by atoms with Crippen LogP contribution in [0.5, 0.6) is 0 Å². The Kier molecular flexibility index (Phi) is 4.94. The Hall–Kier alpha value is -0.620. The molecule has 17 heavy (non-hydrogen) atoms. The molecule has 0 spiro atoms. The first-order chi connectivity index (χ1) is 7.88. The molecule has 1 aromatic rings. The summed E-state index contributed by atoms with van der Waals surface area (Å²) in [5.74, 6) is 0.476. The number of nitrogens with zero attached hydrogens (tertiary/aromatic N) is 1. The standard InChI is InChI=1S/C11H17F3N2S/c1-4-7(2)5-8(15-3)9-6-16-10(17-9)11(12,13)14/h6-8,15H,4-5H2,1-3H3. The number of aromatic nitrogens is 1. The van der Waals surface area contributed by atoms with E-state index in [1.54, 1.807) is 7.05 Å². The molecule has 0 amide bonds. The first kappa shape index (κ1) is 14.4. The van der Waals surface area contributed by atoms with Crippen LogP contribution in [0.1, 0.15) is 42.6 Å². The largest absolute Gasteiger partial charge is 0.443 e. The summed E-state index contributed by atoms with van der Waals surface area (Å²) < 4.78 is 37.3. The molecule has 0 radical (unpaired) electrons. The van der Waals surface area contributed by atoms with Gasteiger partial charge in [0.15, 0.2) is 5.01 Å². The van der Waals surface area contributed by atoms with Crippen molar-refractivity contribution in [2.24, 2.45) is 5.92 Å². The number of thiazole rings is 1. The summed E-state index contributed by atoms with van der Waals surface area (Å²) in [6.07, 6.45) is -1.16. The van der Waals surface area contributed by atoms with Crippen molar-refractivity contribution in [2.45, 2.75) is 38.9 Å². The SMILES string of the molecule is CCC(C)CC(NC)c1cnc(C(F)(F)F)s1. The summed E-state index contributed by atoms with van der Waals surface area (Å²) >= 11 is 0.726. The normalized spacial score (nSPS) is 15.9. The molecule has 0 bridgehead atoms. The van der Waals surface area contributed by atoms with Crippen LogP contribution in [0.25, 0.3) is 0 Å². The fourth-order valence-corrected chi connectivity index (χ4v) is 2.43. The average molecular weight is 266 g/mol. The highest BCUT2D eigenvalue weighted by Gasteiger charge is 2.35. The molecule has 6 heteroatoms. The third-order valence-corrected chi connectivity index (χ3v) is 3.95. The first-order valence-corrected chi connectivity index (χ1v) is 6.40. The molecule has 98 valence electrons. The maximum Gasteiger partial charge on any atom is 0.443 e. The van der Waals surface area contributed by atoms with Crippen molar-refractivity contribution in [1.82, 2.24) is 10.3 Å². The number of hydrogen-bond donors (Lipinski definition) is 1. The minimum atomic E-state index is -4.34. The van der Waals surface area contributed by atoms with Crippen molar-refractivity contribution >= 4 is 11.3 Å². The zero-order valence-electron chi connectivity index (χ0n) is 10.1. The average Bonchev–Trinajstić information content (AvgIpc) is 2.74. The lowest BCUT2D eigenvalue weighted by molar-refractivity contribution is -0.137. The van der Waals surface area contributed by atoms with Gasteiger partial charge < -0.3 is 5.32 Å². The molecule has 0 saturated heterocycles. The molecule has 0 aliphatic heterocycles. The molecule has 1 N–H and O–H groups in total. The van der Waals surface area contributed by atoms with Gasteiger partial charge in [0.25, 0.3) is 0 Å². The van der Waals surface area contributed by atoms with Gasteiger partial charge in [-0.1, -0.05) is 20.3 Å². The highest BCUT2D eigenvalue weighted by atomic mass is 32.1. The van der Waals surface area contributed by atoms with E-state index >= 15 is 0 Å². The van der Waals surface area contributed by atoms with Crippen LogP contribution in [0.4, 0.5) is 13.2 Å². The van der Waals surface area contributed by atoms with E-state index in [4.69, 9.17) is 0 Å². The highest BCUT2D eigenvalue weighted by molar-refractivity contribution is 7.11. The molecule has 1 rings (SSSR count). The minimum absolute atomic E-state index is 0.0430. The van der Waals surface area contributed by atoms with Gasteiger partial charge in [-0.2, -0.15) is 13.2 Å². The van der Waals surface area contributed by atoms with Gasteiger partial charge in [-0.15, -0.1) is 11.3 Å². The predicted molar refractivity (Wildman–Crippen MR) is 63.0 cm³/mol. The van der Waals surface area contributed by atoms with Crippen LogP contribution in [-0.4, -0.2) is 12.0 Å².